The van der Waals surface area contributed by atoms with Crippen molar-refractivity contribution >= 4 is 17.5 Å². The van der Waals surface area contributed by atoms with Crippen LogP contribution in [0.3, 0.4) is 0 Å². The van der Waals surface area contributed by atoms with Crippen LogP contribution < -0.4 is 0 Å². The molecule has 1 radical (unpaired) electrons. The van der Waals surface area contributed by atoms with Crippen molar-refractivity contribution in [3.8, 4) is 0 Å². The minimum Gasteiger partial charge on any atom is -0.345 e. The number of amides is 1. The normalized spacial score (nSPS) is 9.58. The first kappa shape index (κ1) is 9.07. The molecular weight excluding hydrogens is 174 g/mol. The Bertz CT molecular complexity index is 296. The molecule has 0 aliphatic heterocycles. The van der Waals surface area contributed by atoms with Gasteiger partial charge in [-0.05, 0) is 18.2 Å². The van der Waals surface area contributed by atoms with Crippen LogP contribution >= 0.6 is 11.6 Å². The maximum absolute atomic E-state index is 11.3. The molecule has 0 bridgehead atoms. The standard InChI is InChI=1S/C9H9ClNO/c1-11(2)9(12)7-4-3-5-8(10)6-7/h3,5-6H,1-2H3. The van der Waals surface area contributed by atoms with Gasteiger partial charge in [-0.15, -0.1) is 0 Å². The fourth-order valence-corrected chi connectivity index (χ4v) is 0.975. The van der Waals surface area contributed by atoms with Crippen molar-refractivity contribution in [3.05, 3.63) is 34.9 Å². The number of hydrogen-bond donors (Lipinski definition) is 0. The van der Waals surface area contributed by atoms with Gasteiger partial charge < -0.3 is 4.90 Å². The monoisotopic (exact) mass is 182 g/mol. The molecule has 2 nitrogen and oxygen atoms in total. The van der Waals surface area contributed by atoms with Crippen molar-refractivity contribution in [1.82, 2.24) is 4.90 Å². The average molecular weight is 183 g/mol. The third-order valence-corrected chi connectivity index (χ3v) is 1.64. The van der Waals surface area contributed by atoms with Crippen LogP contribution in [-0.2, 0) is 0 Å². The largest absolute Gasteiger partial charge is 0.345 e. The summed E-state index contributed by atoms with van der Waals surface area (Å²) in [6.07, 6.45) is 0. The Balaban J connectivity index is 2.96. The van der Waals surface area contributed by atoms with Crippen LogP contribution in [0.15, 0.2) is 18.2 Å². The van der Waals surface area contributed by atoms with Crippen molar-refractivity contribution in [3.63, 3.8) is 0 Å². The minimum atomic E-state index is -0.0856. The molecule has 1 aromatic carbocycles. The molecule has 0 N–H and O–H groups in total. The molecule has 0 aromatic heterocycles. The van der Waals surface area contributed by atoms with Gasteiger partial charge in [0.05, 0.1) is 0 Å². The van der Waals surface area contributed by atoms with Crippen molar-refractivity contribution in [2.75, 3.05) is 14.1 Å². The zero-order valence-corrected chi connectivity index (χ0v) is 7.72. The quantitative estimate of drug-likeness (QED) is 0.649. The van der Waals surface area contributed by atoms with Crippen LogP contribution in [0.2, 0.25) is 5.02 Å². The van der Waals surface area contributed by atoms with E-state index < -0.39 is 0 Å². The molecule has 12 heavy (non-hydrogen) atoms. The molecule has 0 saturated heterocycles. The van der Waals surface area contributed by atoms with Gasteiger partial charge in [0.2, 0.25) is 0 Å². The van der Waals surface area contributed by atoms with E-state index in [1.54, 1.807) is 32.3 Å². The van der Waals surface area contributed by atoms with Crippen LogP contribution in [0.4, 0.5) is 0 Å². The fourth-order valence-electron chi connectivity index (χ4n) is 0.803. The summed E-state index contributed by atoms with van der Waals surface area (Å²) in [5, 5.41) is 0.555. The van der Waals surface area contributed by atoms with Crippen LogP contribution in [0, 0.1) is 6.07 Å². The van der Waals surface area contributed by atoms with Gasteiger partial charge >= 0.3 is 0 Å². The summed E-state index contributed by atoms with van der Waals surface area (Å²) in [6, 6.07) is 7.74. The van der Waals surface area contributed by atoms with E-state index in [-0.39, 0.29) is 5.91 Å². The van der Waals surface area contributed by atoms with Gasteiger partial charge in [-0.25, -0.2) is 0 Å². The van der Waals surface area contributed by atoms with Crippen LogP contribution in [0.1, 0.15) is 10.4 Å². The van der Waals surface area contributed by atoms with E-state index in [1.807, 2.05) is 0 Å². The van der Waals surface area contributed by atoms with Gasteiger partial charge in [-0.2, -0.15) is 0 Å². The Morgan fingerprint density at radius 1 is 1.58 bits per heavy atom. The highest BCUT2D eigenvalue weighted by Gasteiger charge is 2.07. The second-order valence-electron chi connectivity index (χ2n) is 2.62. The van der Waals surface area contributed by atoms with Crippen LogP contribution in [-0.4, -0.2) is 24.9 Å². The smallest absolute Gasteiger partial charge is 0.254 e. The molecule has 0 saturated carbocycles. The first-order valence-electron chi connectivity index (χ1n) is 3.50. The third kappa shape index (κ3) is 1.98. The van der Waals surface area contributed by atoms with E-state index in [4.69, 9.17) is 11.6 Å². The second kappa shape index (κ2) is 3.59. The maximum Gasteiger partial charge on any atom is 0.254 e. The summed E-state index contributed by atoms with van der Waals surface area (Å²) in [7, 11) is 3.38. The first-order chi connectivity index (χ1) is 5.61. The van der Waals surface area contributed by atoms with Gasteiger partial charge in [0.25, 0.3) is 5.91 Å². The second-order valence-corrected chi connectivity index (χ2v) is 3.06. The number of halogens is 1. The molecule has 1 amide bonds. The topological polar surface area (TPSA) is 20.3 Å². The molecule has 0 spiro atoms. The maximum atomic E-state index is 11.3. The fraction of sp³-hybridized carbons (Fsp3) is 0.222. The molecule has 1 aromatic rings. The lowest BCUT2D eigenvalue weighted by Crippen LogP contribution is -2.21. The molecular formula is C9H9ClNO. The van der Waals surface area contributed by atoms with Crippen LogP contribution in [0.25, 0.3) is 0 Å². The molecule has 0 aliphatic rings. The summed E-state index contributed by atoms with van der Waals surface area (Å²) >= 11 is 5.70. The highest BCUT2D eigenvalue weighted by atomic mass is 35.5. The lowest BCUT2D eigenvalue weighted by Gasteiger charge is -2.09. The highest BCUT2D eigenvalue weighted by Crippen LogP contribution is 2.10. The van der Waals surface area contributed by atoms with Crippen molar-refractivity contribution in [1.29, 1.82) is 0 Å². The number of nitrogens with zero attached hydrogens (tertiary/aromatic N) is 1. The van der Waals surface area contributed by atoms with Gasteiger partial charge in [0.15, 0.2) is 0 Å². The molecule has 1 rings (SSSR count). The SMILES string of the molecule is CN(C)C(=O)c1[c]ccc(Cl)c1. The molecule has 0 atom stereocenters. The molecule has 63 valence electrons. The number of benzene rings is 1. The van der Waals surface area contributed by atoms with E-state index >= 15 is 0 Å². The summed E-state index contributed by atoms with van der Waals surface area (Å²) in [5.41, 5.74) is 0.493. The van der Waals surface area contributed by atoms with E-state index in [2.05, 4.69) is 6.07 Å². The summed E-state index contributed by atoms with van der Waals surface area (Å²) in [4.78, 5) is 12.8. The van der Waals surface area contributed by atoms with Crippen molar-refractivity contribution in [2.45, 2.75) is 0 Å². The third-order valence-electron chi connectivity index (χ3n) is 1.40. The predicted octanol–water partition coefficient (Wildman–Crippen LogP) is 1.84. The number of carbonyl (C=O) groups excluding carboxylic acids is 1. The highest BCUT2D eigenvalue weighted by molar-refractivity contribution is 6.30. The summed E-state index contributed by atoms with van der Waals surface area (Å²) in [6.45, 7) is 0. The summed E-state index contributed by atoms with van der Waals surface area (Å²) < 4.78 is 0. The molecule has 0 unspecified atom stereocenters. The minimum absolute atomic E-state index is 0.0856. The van der Waals surface area contributed by atoms with Crippen molar-refractivity contribution in [2.24, 2.45) is 0 Å². The van der Waals surface area contributed by atoms with E-state index in [1.165, 1.54) is 4.90 Å². The Morgan fingerprint density at radius 3 is 2.75 bits per heavy atom. The predicted molar refractivity (Wildman–Crippen MR) is 48.3 cm³/mol. The molecule has 0 fully saturated rings. The molecule has 3 heteroatoms. The van der Waals surface area contributed by atoms with E-state index in [9.17, 15) is 4.79 Å². The number of rotatable bonds is 1. The van der Waals surface area contributed by atoms with Gasteiger partial charge in [0.1, 0.15) is 0 Å². The van der Waals surface area contributed by atoms with E-state index in [0.717, 1.165) is 0 Å². The van der Waals surface area contributed by atoms with Gasteiger partial charge in [-0.1, -0.05) is 17.7 Å². The van der Waals surface area contributed by atoms with Crippen LogP contribution in [0.5, 0.6) is 0 Å². The lowest BCUT2D eigenvalue weighted by atomic mass is 10.2. The van der Waals surface area contributed by atoms with Crippen molar-refractivity contribution < 1.29 is 4.79 Å². The Morgan fingerprint density at radius 2 is 2.25 bits per heavy atom. The first-order valence-corrected chi connectivity index (χ1v) is 3.88. The summed E-state index contributed by atoms with van der Waals surface area (Å²) in [5.74, 6) is -0.0856. The number of carbonyl (C=O) groups is 1. The molecule has 0 aliphatic carbocycles. The number of hydrogen-bond acceptors (Lipinski definition) is 1. The van der Waals surface area contributed by atoms with E-state index in [0.29, 0.717) is 10.6 Å². The Hall–Kier alpha value is -1.02. The zero-order valence-electron chi connectivity index (χ0n) is 6.97. The lowest BCUT2D eigenvalue weighted by molar-refractivity contribution is 0.0827. The Kier molecular flexibility index (Phi) is 2.71. The van der Waals surface area contributed by atoms with Gasteiger partial charge in [-0.3, -0.25) is 4.79 Å². The average Bonchev–Trinajstić information content (AvgIpc) is 2.03. The zero-order chi connectivity index (χ0) is 9.14. The Labute approximate surface area is 76.8 Å². The van der Waals surface area contributed by atoms with Gasteiger partial charge in [0, 0.05) is 24.7 Å². The molecule has 0 heterocycles.